The molecule has 6 nitrogen and oxygen atoms in total. The normalized spacial score (nSPS) is 11.4. The van der Waals surface area contributed by atoms with Crippen LogP contribution in [0.25, 0.3) is 0 Å². The van der Waals surface area contributed by atoms with Gasteiger partial charge in [0.1, 0.15) is 5.75 Å². The third-order valence-electron chi connectivity index (χ3n) is 4.67. The summed E-state index contributed by atoms with van der Waals surface area (Å²) in [7, 11) is 0. The van der Waals surface area contributed by atoms with Gasteiger partial charge in [0.05, 0.1) is 12.6 Å². The Hall–Kier alpha value is -3.02. The summed E-state index contributed by atoms with van der Waals surface area (Å²) >= 11 is 0. The first-order valence-corrected chi connectivity index (χ1v) is 10.2. The van der Waals surface area contributed by atoms with E-state index in [1.807, 2.05) is 45.0 Å². The number of carbonyl (C=O) groups is 2. The van der Waals surface area contributed by atoms with Crippen molar-refractivity contribution >= 4 is 23.2 Å². The largest absolute Gasteiger partial charge is 0.491 e. The van der Waals surface area contributed by atoms with Crippen LogP contribution in [0.15, 0.2) is 48.5 Å². The molecule has 2 rings (SSSR count). The number of nitrogens with one attached hydrogen (secondary N) is 2. The lowest BCUT2D eigenvalue weighted by Gasteiger charge is -2.18. The molecule has 0 heterocycles. The molecule has 0 aliphatic heterocycles. The van der Waals surface area contributed by atoms with Crippen LogP contribution in [0.1, 0.15) is 44.5 Å². The predicted octanol–water partition coefficient (Wildman–Crippen LogP) is 4.40. The van der Waals surface area contributed by atoms with Crippen LogP contribution in [0.4, 0.5) is 11.4 Å². The number of hydrogen-bond donors (Lipinski definition) is 2. The molecular formula is C23H31N3O3. The maximum atomic E-state index is 12.3. The van der Waals surface area contributed by atoms with Crippen molar-refractivity contribution in [2.45, 2.75) is 40.2 Å². The van der Waals surface area contributed by atoms with Gasteiger partial charge in [-0.15, -0.1) is 0 Å². The van der Waals surface area contributed by atoms with E-state index in [9.17, 15) is 9.59 Å². The Morgan fingerprint density at radius 3 is 2.31 bits per heavy atom. The van der Waals surface area contributed by atoms with Gasteiger partial charge < -0.3 is 20.3 Å². The number of benzene rings is 2. The van der Waals surface area contributed by atoms with Crippen LogP contribution in [0.3, 0.4) is 0 Å². The maximum absolute atomic E-state index is 12.3. The van der Waals surface area contributed by atoms with Crippen molar-refractivity contribution < 1.29 is 14.3 Å². The van der Waals surface area contributed by atoms with Crippen LogP contribution in [0.2, 0.25) is 0 Å². The Morgan fingerprint density at radius 2 is 1.69 bits per heavy atom. The molecule has 2 aromatic carbocycles. The molecule has 6 heteroatoms. The molecule has 29 heavy (non-hydrogen) atoms. The lowest BCUT2D eigenvalue weighted by Crippen LogP contribution is -2.30. The molecule has 1 unspecified atom stereocenters. The highest BCUT2D eigenvalue weighted by Crippen LogP contribution is 2.19. The first-order valence-electron chi connectivity index (χ1n) is 10.2. The second-order valence-electron chi connectivity index (χ2n) is 6.82. The summed E-state index contributed by atoms with van der Waals surface area (Å²) in [5, 5.41) is 5.94. The van der Waals surface area contributed by atoms with Gasteiger partial charge in [-0.1, -0.05) is 13.0 Å². The minimum absolute atomic E-state index is 0.00552. The fourth-order valence-corrected chi connectivity index (χ4v) is 2.77. The minimum atomic E-state index is -0.166. The first-order chi connectivity index (χ1) is 14.0. The summed E-state index contributed by atoms with van der Waals surface area (Å²) < 4.78 is 5.80. The van der Waals surface area contributed by atoms with E-state index >= 15 is 0 Å². The molecule has 0 saturated carbocycles. The topological polar surface area (TPSA) is 70.7 Å². The Kier molecular flexibility index (Phi) is 8.52. The van der Waals surface area contributed by atoms with Crippen LogP contribution < -0.4 is 15.4 Å². The number of hydrogen-bond acceptors (Lipinski definition) is 4. The molecule has 0 spiro atoms. The highest BCUT2D eigenvalue weighted by Gasteiger charge is 2.12. The van der Waals surface area contributed by atoms with Gasteiger partial charge >= 0.3 is 0 Å². The molecule has 0 fully saturated rings. The van der Waals surface area contributed by atoms with Crippen molar-refractivity contribution in [3.63, 3.8) is 0 Å². The van der Waals surface area contributed by atoms with Crippen molar-refractivity contribution in [3.8, 4) is 5.75 Å². The number of ether oxygens (including phenoxy) is 1. The van der Waals surface area contributed by atoms with E-state index in [0.717, 1.165) is 17.9 Å². The van der Waals surface area contributed by atoms with E-state index in [2.05, 4.69) is 17.6 Å². The lowest BCUT2D eigenvalue weighted by molar-refractivity contribution is -0.114. The molecule has 2 N–H and O–H groups in total. The minimum Gasteiger partial charge on any atom is -0.491 e. The van der Waals surface area contributed by atoms with E-state index in [1.54, 1.807) is 29.2 Å². The van der Waals surface area contributed by atoms with Gasteiger partial charge in [0.15, 0.2) is 0 Å². The Balaban J connectivity index is 1.88. The van der Waals surface area contributed by atoms with Gasteiger partial charge in [0, 0.05) is 36.1 Å². The highest BCUT2D eigenvalue weighted by molar-refractivity contribution is 5.96. The van der Waals surface area contributed by atoms with Crippen molar-refractivity contribution in [2.24, 2.45) is 0 Å². The second kappa shape index (κ2) is 11.1. The van der Waals surface area contributed by atoms with Gasteiger partial charge in [0.25, 0.3) is 5.91 Å². The summed E-state index contributed by atoms with van der Waals surface area (Å²) in [5.41, 5.74) is 2.09. The summed E-state index contributed by atoms with van der Waals surface area (Å²) in [6.45, 7) is 9.47. The summed E-state index contributed by atoms with van der Waals surface area (Å²) in [4.78, 5) is 26.3. The summed E-state index contributed by atoms with van der Waals surface area (Å²) in [6, 6.07) is 14.5. The van der Waals surface area contributed by atoms with Crippen LogP contribution in [0, 0.1) is 0 Å². The molecule has 0 radical (unpaired) electrons. The average molecular weight is 398 g/mol. The van der Waals surface area contributed by atoms with Crippen LogP contribution in [-0.2, 0) is 4.79 Å². The molecule has 2 amide bonds. The molecule has 1 atom stereocenters. The smallest absolute Gasteiger partial charge is 0.253 e. The SMILES string of the molecule is CCC(C)Oc1cccc(NCC(=O)Nc2ccc(C(=O)N(CC)CC)cc2)c1. The van der Waals surface area contributed by atoms with Gasteiger partial charge in [-0.3, -0.25) is 9.59 Å². The van der Waals surface area contributed by atoms with E-state index in [4.69, 9.17) is 4.74 Å². The quantitative estimate of drug-likeness (QED) is 0.623. The zero-order valence-electron chi connectivity index (χ0n) is 17.7. The molecule has 0 bridgehead atoms. The molecule has 0 aliphatic carbocycles. The monoisotopic (exact) mass is 397 g/mol. The standard InChI is InChI=1S/C23H31N3O3/c1-5-17(4)29-21-10-8-9-20(15-21)24-16-22(27)25-19-13-11-18(12-14-19)23(28)26(6-2)7-3/h8-15,17,24H,5-7,16H2,1-4H3,(H,25,27). The average Bonchev–Trinajstić information content (AvgIpc) is 2.73. The van der Waals surface area contributed by atoms with E-state index in [1.165, 1.54) is 0 Å². The van der Waals surface area contributed by atoms with Gasteiger partial charge in [-0.05, 0) is 63.6 Å². The molecular weight excluding hydrogens is 366 g/mol. The van der Waals surface area contributed by atoms with Crippen molar-refractivity contribution in [3.05, 3.63) is 54.1 Å². The number of anilines is 2. The van der Waals surface area contributed by atoms with Crippen LogP contribution in [-0.4, -0.2) is 42.5 Å². The molecule has 0 aromatic heterocycles. The third kappa shape index (κ3) is 6.82. The van der Waals surface area contributed by atoms with E-state index < -0.39 is 0 Å². The van der Waals surface area contributed by atoms with Crippen LogP contribution >= 0.6 is 0 Å². The molecule has 2 aromatic rings. The highest BCUT2D eigenvalue weighted by atomic mass is 16.5. The second-order valence-corrected chi connectivity index (χ2v) is 6.82. The van der Waals surface area contributed by atoms with Crippen LogP contribution in [0.5, 0.6) is 5.75 Å². The first kappa shape index (κ1) is 22.3. The zero-order chi connectivity index (χ0) is 21.2. The Morgan fingerprint density at radius 1 is 1.00 bits per heavy atom. The van der Waals surface area contributed by atoms with Gasteiger partial charge in [-0.2, -0.15) is 0 Å². The predicted molar refractivity (Wildman–Crippen MR) is 118 cm³/mol. The van der Waals surface area contributed by atoms with Gasteiger partial charge in [-0.25, -0.2) is 0 Å². The molecule has 156 valence electrons. The van der Waals surface area contributed by atoms with E-state index in [-0.39, 0.29) is 24.5 Å². The summed E-state index contributed by atoms with van der Waals surface area (Å²) in [6.07, 6.45) is 1.07. The van der Waals surface area contributed by atoms with E-state index in [0.29, 0.717) is 24.3 Å². The Bertz CT molecular complexity index is 801. The fraction of sp³-hybridized carbons (Fsp3) is 0.391. The molecule has 0 saturated heterocycles. The number of carbonyl (C=O) groups excluding carboxylic acids is 2. The van der Waals surface area contributed by atoms with Crippen molar-refractivity contribution in [1.82, 2.24) is 4.90 Å². The summed E-state index contributed by atoms with van der Waals surface area (Å²) in [5.74, 6) is 0.605. The third-order valence-corrected chi connectivity index (χ3v) is 4.67. The Labute approximate surface area is 173 Å². The number of nitrogens with zero attached hydrogens (tertiary/aromatic N) is 1. The number of rotatable bonds is 10. The zero-order valence-corrected chi connectivity index (χ0v) is 17.7. The lowest BCUT2D eigenvalue weighted by atomic mass is 10.1. The maximum Gasteiger partial charge on any atom is 0.253 e. The van der Waals surface area contributed by atoms with Crippen molar-refractivity contribution in [1.29, 1.82) is 0 Å². The van der Waals surface area contributed by atoms with Crippen molar-refractivity contribution in [2.75, 3.05) is 30.3 Å². The molecule has 0 aliphatic rings. The fourth-order valence-electron chi connectivity index (χ4n) is 2.77. The van der Waals surface area contributed by atoms with Gasteiger partial charge in [0.2, 0.25) is 5.91 Å². The number of amides is 2.